The molecule has 2 nitrogen and oxygen atoms in total. The summed E-state index contributed by atoms with van der Waals surface area (Å²) < 4.78 is 5.69. The quantitative estimate of drug-likeness (QED) is 0.834. The van der Waals surface area contributed by atoms with E-state index in [-0.39, 0.29) is 0 Å². The van der Waals surface area contributed by atoms with Crippen molar-refractivity contribution in [3.05, 3.63) is 59.1 Å². The van der Waals surface area contributed by atoms with Crippen LogP contribution in [0.1, 0.15) is 25.3 Å². The summed E-state index contributed by atoms with van der Waals surface area (Å²) in [5.74, 6) is 1.26. The Morgan fingerprint density at radius 1 is 1.25 bits per heavy atom. The normalized spacial score (nSPS) is 15.9. The fraction of sp³-hybridized carbons (Fsp3) is 0.286. The molecule has 1 aliphatic carbocycles. The predicted octanol–water partition coefficient (Wildman–Crippen LogP) is 3.71. The van der Waals surface area contributed by atoms with Gasteiger partial charge in [-0.25, -0.2) is 0 Å². The third-order valence-electron chi connectivity index (χ3n) is 2.75. The molecule has 16 heavy (non-hydrogen) atoms. The molecule has 0 unspecified atom stereocenters. The average Bonchev–Trinajstić information content (AvgIpc) is 2.32. The van der Waals surface area contributed by atoms with Crippen LogP contribution in [0.3, 0.4) is 0 Å². The van der Waals surface area contributed by atoms with Gasteiger partial charge in [-0.05, 0) is 25.0 Å². The Hall–Kier alpha value is -1.70. The van der Waals surface area contributed by atoms with Gasteiger partial charge in [0.2, 0.25) is 0 Å². The van der Waals surface area contributed by atoms with Gasteiger partial charge in [0.05, 0.1) is 5.76 Å². The molecule has 84 valence electrons. The lowest BCUT2D eigenvalue weighted by Crippen LogP contribution is -2.02. The maximum Gasteiger partial charge on any atom is 0.122 e. The summed E-state index contributed by atoms with van der Waals surface area (Å²) in [6.07, 6.45) is 3.62. The summed E-state index contributed by atoms with van der Waals surface area (Å²) in [5, 5.41) is 9.60. The number of benzene rings is 1. The van der Waals surface area contributed by atoms with E-state index in [2.05, 4.69) is 0 Å². The van der Waals surface area contributed by atoms with Crippen molar-refractivity contribution in [1.29, 1.82) is 0 Å². The molecule has 1 aromatic rings. The minimum atomic E-state index is 0.450. The number of allylic oxidation sites excluding steroid dienone is 3. The highest BCUT2D eigenvalue weighted by Gasteiger charge is 2.12. The van der Waals surface area contributed by atoms with Crippen molar-refractivity contribution in [2.24, 2.45) is 0 Å². The van der Waals surface area contributed by atoms with E-state index in [4.69, 9.17) is 4.74 Å². The first-order chi connectivity index (χ1) is 7.77. The van der Waals surface area contributed by atoms with Gasteiger partial charge in [0.1, 0.15) is 12.4 Å². The zero-order chi connectivity index (χ0) is 11.4. The van der Waals surface area contributed by atoms with Crippen LogP contribution in [-0.4, -0.2) is 5.11 Å². The molecule has 0 saturated carbocycles. The molecule has 0 amide bonds. The van der Waals surface area contributed by atoms with E-state index in [1.807, 2.05) is 43.3 Å². The zero-order valence-corrected chi connectivity index (χ0v) is 9.44. The highest BCUT2D eigenvalue weighted by molar-refractivity contribution is 5.30. The van der Waals surface area contributed by atoms with Crippen LogP contribution >= 0.6 is 0 Å². The molecule has 0 saturated heterocycles. The van der Waals surface area contributed by atoms with Gasteiger partial charge >= 0.3 is 0 Å². The number of hydrogen-bond donors (Lipinski definition) is 1. The van der Waals surface area contributed by atoms with Gasteiger partial charge in [0.15, 0.2) is 0 Å². The molecule has 0 aliphatic heterocycles. The second kappa shape index (κ2) is 4.88. The second-order valence-electron chi connectivity index (χ2n) is 3.95. The smallest absolute Gasteiger partial charge is 0.122 e. The molecule has 1 aliphatic rings. The monoisotopic (exact) mass is 216 g/mol. The van der Waals surface area contributed by atoms with Crippen LogP contribution in [0.25, 0.3) is 0 Å². The summed E-state index contributed by atoms with van der Waals surface area (Å²) in [6, 6.07) is 10.0. The van der Waals surface area contributed by atoms with Crippen molar-refractivity contribution < 1.29 is 9.84 Å². The highest BCUT2D eigenvalue weighted by atomic mass is 16.5. The molecule has 2 rings (SSSR count). The molecule has 1 aromatic carbocycles. The lowest BCUT2D eigenvalue weighted by Gasteiger charge is -2.16. The van der Waals surface area contributed by atoms with Gasteiger partial charge in [0, 0.05) is 12.0 Å². The van der Waals surface area contributed by atoms with Gasteiger partial charge in [-0.3, -0.25) is 0 Å². The Labute approximate surface area is 95.9 Å². The van der Waals surface area contributed by atoms with E-state index >= 15 is 0 Å². The van der Waals surface area contributed by atoms with E-state index < -0.39 is 0 Å². The van der Waals surface area contributed by atoms with Gasteiger partial charge in [-0.15, -0.1) is 0 Å². The number of hydrogen-bond acceptors (Lipinski definition) is 2. The molecular formula is C14H16O2. The molecule has 0 aromatic heterocycles. The van der Waals surface area contributed by atoms with Crippen LogP contribution in [0.5, 0.6) is 0 Å². The Kier molecular flexibility index (Phi) is 3.30. The number of rotatable bonds is 3. The van der Waals surface area contributed by atoms with Gasteiger partial charge < -0.3 is 9.84 Å². The summed E-state index contributed by atoms with van der Waals surface area (Å²) in [5.41, 5.74) is 2.00. The van der Waals surface area contributed by atoms with Gasteiger partial charge in [-0.1, -0.05) is 30.3 Å². The third kappa shape index (κ3) is 2.45. The van der Waals surface area contributed by atoms with Crippen molar-refractivity contribution in [3.63, 3.8) is 0 Å². The van der Waals surface area contributed by atoms with Crippen LogP contribution in [0.2, 0.25) is 0 Å². The average molecular weight is 216 g/mol. The molecule has 0 spiro atoms. The standard InChI is InChI=1S/C14H16O2/c1-11-13(15)8-5-9-14(11)16-10-12-6-3-2-4-7-12/h2-4,6-7,9,15H,5,8,10H2,1H3. The first kappa shape index (κ1) is 10.8. The lowest BCUT2D eigenvalue weighted by atomic mass is 10.0. The summed E-state index contributed by atoms with van der Waals surface area (Å²) >= 11 is 0. The number of ether oxygens (including phenoxy) is 1. The summed E-state index contributed by atoms with van der Waals surface area (Å²) in [6.45, 7) is 2.45. The first-order valence-electron chi connectivity index (χ1n) is 5.53. The maximum atomic E-state index is 9.60. The van der Waals surface area contributed by atoms with Crippen LogP contribution in [0, 0.1) is 0 Å². The molecule has 0 atom stereocenters. The molecule has 1 N–H and O–H groups in total. The van der Waals surface area contributed by atoms with Crippen LogP contribution in [-0.2, 0) is 11.3 Å². The number of aliphatic hydroxyl groups excluding tert-OH is 1. The van der Waals surface area contributed by atoms with E-state index in [9.17, 15) is 5.11 Å². The van der Waals surface area contributed by atoms with Crippen LogP contribution < -0.4 is 0 Å². The molecular weight excluding hydrogens is 200 g/mol. The molecule has 0 radical (unpaired) electrons. The molecule has 2 heteroatoms. The lowest BCUT2D eigenvalue weighted by molar-refractivity contribution is 0.199. The fourth-order valence-corrected chi connectivity index (χ4v) is 1.73. The molecule has 0 bridgehead atoms. The van der Waals surface area contributed by atoms with Gasteiger partial charge in [0.25, 0.3) is 0 Å². The maximum absolute atomic E-state index is 9.60. The fourth-order valence-electron chi connectivity index (χ4n) is 1.73. The number of aliphatic hydroxyl groups is 1. The first-order valence-corrected chi connectivity index (χ1v) is 5.53. The van der Waals surface area contributed by atoms with Crippen molar-refractivity contribution in [2.45, 2.75) is 26.4 Å². The Balaban J connectivity index is 1.99. The largest absolute Gasteiger partial charge is 0.512 e. The van der Waals surface area contributed by atoms with E-state index in [1.165, 1.54) is 0 Å². The van der Waals surface area contributed by atoms with E-state index in [0.29, 0.717) is 12.4 Å². The van der Waals surface area contributed by atoms with Crippen molar-refractivity contribution >= 4 is 0 Å². The minimum absolute atomic E-state index is 0.450. The predicted molar refractivity (Wildman–Crippen MR) is 63.9 cm³/mol. The summed E-state index contributed by atoms with van der Waals surface area (Å²) in [7, 11) is 0. The van der Waals surface area contributed by atoms with Crippen molar-refractivity contribution in [1.82, 2.24) is 0 Å². The Morgan fingerprint density at radius 3 is 2.75 bits per heavy atom. The Bertz CT molecular complexity index is 416. The van der Waals surface area contributed by atoms with Crippen LogP contribution in [0.4, 0.5) is 0 Å². The summed E-state index contributed by atoms with van der Waals surface area (Å²) in [4.78, 5) is 0. The third-order valence-corrected chi connectivity index (χ3v) is 2.75. The molecule has 0 fully saturated rings. The highest BCUT2D eigenvalue weighted by Crippen LogP contribution is 2.24. The van der Waals surface area contributed by atoms with E-state index in [0.717, 1.165) is 29.7 Å². The van der Waals surface area contributed by atoms with E-state index in [1.54, 1.807) is 0 Å². The van der Waals surface area contributed by atoms with Gasteiger partial charge in [-0.2, -0.15) is 0 Å². The topological polar surface area (TPSA) is 29.5 Å². The molecule has 0 heterocycles. The SMILES string of the molecule is CC1=C(O)CCC=C1OCc1ccccc1. The Morgan fingerprint density at radius 2 is 2.00 bits per heavy atom. The minimum Gasteiger partial charge on any atom is -0.512 e. The van der Waals surface area contributed by atoms with Crippen molar-refractivity contribution in [3.8, 4) is 0 Å². The van der Waals surface area contributed by atoms with Crippen LogP contribution in [0.15, 0.2) is 53.5 Å². The zero-order valence-electron chi connectivity index (χ0n) is 9.44. The second-order valence-corrected chi connectivity index (χ2v) is 3.95. The van der Waals surface area contributed by atoms with Crippen molar-refractivity contribution in [2.75, 3.05) is 0 Å².